The topological polar surface area (TPSA) is 109 Å². The minimum atomic E-state index is -3.99. The maximum Gasteiger partial charge on any atom is 0.319 e. The van der Waals surface area contributed by atoms with E-state index in [9.17, 15) is 16.8 Å². The Hall–Kier alpha value is 0.170. The molecule has 0 aliphatic carbocycles. The van der Waals surface area contributed by atoms with Crippen LogP contribution in [0.3, 0.4) is 0 Å². The smallest absolute Gasteiger partial charge is 0.286 e. The first kappa shape index (κ1) is 14.2. The van der Waals surface area contributed by atoms with E-state index in [-0.39, 0.29) is 17.9 Å². The van der Waals surface area contributed by atoms with Crippen LogP contribution in [0.2, 0.25) is 0 Å². The molecule has 2 N–H and O–H groups in total. The standard InChI is InChI=1S/C5H12O6S3/c6-13(7,8)5-3-1-2-4-12-14(9,10)11/h1-5H2,(H,6,7,8)(H,9,10,11). The molecule has 0 aromatic heterocycles. The summed E-state index contributed by atoms with van der Waals surface area (Å²) in [5, 5.41) is 0. The van der Waals surface area contributed by atoms with Gasteiger partial charge in [0.1, 0.15) is 0 Å². The highest BCUT2D eigenvalue weighted by Gasteiger charge is 2.06. The lowest BCUT2D eigenvalue weighted by Gasteiger charge is -1.98. The molecule has 0 radical (unpaired) electrons. The molecular formula is C5H12O6S3. The van der Waals surface area contributed by atoms with E-state index in [1.165, 1.54) is 0 Å². The van der Waals surface area contributed by atoms with Gasteiger partial charge < -0.3 is 0 Å². The fourth-order valence-corrected chi connectivity index (χ4v) is 2.81. The van der Waals surface area contributed by atoms with E-state index in [2.05, 4.69) is 0 Å². The Morgan fingerprint density at radius 3 is 1.93 bits per heavy atom. The first-order valence-corrected chi connectivity index (χ1v) is 8.33. The monoisotopic (exact) mass is 264 g/mol. The van der Waals surface area contributed by atoms with Gasteiger partial charge in [-0.05, 0) is 23.6 Å². The predicted molar refractivity (Wildman–Crippen MR) is 54.3 cm³/mol. The normalized spacial score (nSPS) is 13.0. The van der Waals surface area contributed by atoms with Crippen molar-refractivity contribution < 1.29 is 25.9 Å². The molecule has 0 bridgehead atoms. The Morgan fingerprint density at radius 2 is 1.50 bits per heavy atom. The average Bonchev–Trinajstić information content (AvgIpc) is 1.92. The molecular weight excluding hydrogens is 252 g/mol. The molecule has 0 aliphatic rings. The summed E-state index contributed by atoms with van der Waals surface area (Å²) in [6, 6.07) is 0. The van der Waals surface area contributed by atoms with Gasteiger partial charge in [0.2, 0.25) is 0 Å². The van der Waals surface area contributed by atoms with Crippen LogP contribution in [0, 0.1) is 0 Å². The van der Waals surface area contributed by atoms with Crippen molar-refractivity contribution in [2.24, 2.45) is 0 Å². The van der Waals surface area contributed by atoms with Crippen LogP contribution < -0.4 is 0 Å². The number of rotatable bonds is 7. The minimum absolute atomic E-state index is 0.213. The molecule has 6 nitrogen and oxygen atoms in total. The molecule has 0 aromatic carbocycles. The van der Waals surface area contributed by atoms with Crippen molar-refractivity contribution in [2.75, 3.05) is 11.5 Å². The fraction of sp³-hybridized carbons (Fsp3) is 1.00. The molecule has 0 fully saturated rings. The molecule has 0 heterocycles. The van der Waals surface area contributed by atoms with Crippen molar-refractivity contribution in [3.05, 3.63) is 0 Å². The second-order valence-electron chi connectivity index (χ2n) is 2.60. The van der Waals surface area contributed by atoms with Gasteiger partial charge in [-0.2, -0.15) is 16.8 Å². The molecule has 0 amide bonds. The summed E-state index contributed by atoms with van der Waals surface area (Å²) in [4.78, 5) is 0. The Morgan fingerprint density at radius 1 is 0.929 bits per heavy atom. The molecule has 0 saturated carbocycles. The van der Waals surface area contributed by atoms with Crippen LogP contribution in [0.25, 0.3) is 0 Å². The second kappa shape index (κ2) is 5.91. The van der Waals surface area contributed by atoms with Gasteiger partial charge >= 0.3 is 9.15 Å². The average molecular weight is 264 g/mol. The van der Waals surface area contributed by atoms with Crippen molar-refractivity contribution in [1.82, 2.24) is 0 Å². The Bertz CT molecular complexity index is 306. The quantitative estimate of drug-likeness (QED) is 0.393. The Balaban J connectivity index is 3.41. The minimum Gasteiger partial charge on any atom is -0.286 e. The van der Waals surface area contributed by atoms with E-state index in [4.69, 9.17) is 9.11 Å². The fourth-order valence-electron chi connectivity index (χ4n) is 0.728. The number of unbranched alkanes of at least 4 members (excludes halogenated alkanes) is 2. The van der Waals surface area contributed by atoms with Gasteiger partial charge in [-0.15, -0.1) is 0 Å². The summed E-state index contributed by atoms with van der Waals surface area (Å²) in [7, 11) is -7.50. The highest BCUT2D eigenvalue weighted by Crippen LogP contribution is 2.12. The molecule has 0 rings (SSSR count). The van der Waals surface area contributed by atoms with Crippen LogP contribution in [0.1, 0.15) is 19.3 Å². The van der Waals surface area contributed by atoms with Crippen molar-refractivity contribution in [1.29, 1.82) is 0 Å². The third kappa shape index (κ3) is 12.2. The second-order valence-corrected chi connectivity index (χ2v) is 7.64. The first-order chi connectivity index (χ1) is 6.21. The van der Waals surface area contributed by atoms with Gasteiger partial charge in [0.25, 0.3) is 10.1 Å². The van der Waals surface area contributed by atoms with Gasteiger partial charge in [-0.3, -0.25) is 9.11 Å². The van der Waals surface area contributed by atoms with Crippen LogP contribution in [-0.2, 0) is 19.3 Å². The van der Waals surface area contributed by atoms with Crippen molar-refractivity contribution in [3.8, 4) is 0 Å². The largest absolute Gasteiger partial charge is 0.319 e. The molecule has 0 saturated heterocycles. The molecule has 0 aliphatic heterocycles. The SMILES string of the molecule is O=S(=O)(O)CCCCCSS(=O)(=O)O. The number of hydrogen-bond acceptors (Lipinski definition) is 5. The maximum absolute atomic E-state index is 10.2. The molecule has 9 heteroatoms. The van der Waals surface area contributed by atoms with Crippen LogP contribution >= 0.6 is 10.8 Å². The van der Waals surface area contributed by atoms with Crippen LogP contribution in [0.15, 0.2) is 0 Å². The van der Waals surface area contributed by atoms with Crippen LogP contribution in [0.5, 0.6) is 0 Å². The van der Waals surface area contributed by atoms with Crippen molar-refractivity contribution >= 4 is 30.1 Å². The summed E-state index contributed by atoms with van der Waals surface area (Å²) >= 11 is 0. The summed E-state index contributed by atoms with van der Waals surface area (Å²) in [6.07, 6.45) is 1.24. The summed E-state index contributed by atoms with van der Waals surface area (Å²) in [6.45, 7) is 0. The van der Waals surface area contributed by atoms with E-state index < -0.39 is 19.3 Å². The van der Waals surface area contributed by atoms with E-state index >= 15 is 0 Å². The van der Waals surface area contributed by atoms with E-state index in [0.29, 0.717) is 23.6 Å². The van der Waals surface area contributed by atoms with E-state index in [0.717, 1.165) is 0 Å². The molecule has 0 aromatic rings. The summed E-state index contributed by atoms with van der Waals surface area (Å²) < 4.78 is 57.5. The van der Waals surface area contributed by atoms with Crippen molar-refractivity contribution in [2.45, 2.75) is 19.3 Å². The van der Waals surface area contributed by atoms with Gasteiger partial charge in [-0.1, -0.05) is 6.42 Å². The van der Waals surface area contributed by atoms with Crippen LogP contribution in [0.4, 0.5) is 0 Å². The van der Waals surface area contributed by atoms with Crippen molar-refractivity contribution in [3.63, 3.8) is 0 Å². The highest BCUT2D eigenvalue weighted by atomic mass is 33.1. The molecule has 86 valence electrons. The summed E-state index contributed by atoms with van der Waals surface area (Å²) in [5.74, 6) is -0.103. The predicted octanol–water partition coefficient (Wildman–Crippen LogP) is 0.581. The highest BCUT2D eigenvalue weighted by molar-refractivity contribution is 8.69. The zero-order chi connectivity index (χ0) is 11.2. The number of hydrogen-bond donors (Lipinski definition) is 2. The lowest BCUT2D eigenvalue weighted by atomic mass is 10.3. The molecule has 0 unspecified atom stereocenters. The van der Waals surface area contributed by atoms with E-state index in [1.54, 1.807) is 0 Å². The zero-order valence-electron chi connectivity index (χ0n) is 7.29. The third-order valence-electron chi connectivity index (χ3n) is 1.28. The lowest BCUT2D eigenvalue weighted by Crippen LogP contribution is -2.03. The Kier molecular flexibility index (Phi) is 5.98. The van der Waals surface area contributed by atoms with Gasteiger partial charge in [0.15, 0.2) is 0 Å². The molecule has 0 spiro atoms. The van der Waals surface area contributed by atoms with Gasteiger partial charge in [-0.25, -0.2) is 0 Å². The lowest BCUT2D eigenvalue weighted by molar-refractivity contribution is 0.479. The van der Waals surface area contributed by atoms with Gasteiger partial charge in [0.05, 0.1) is 5.75 Å². The molecule has 0 atom stereocenters. The molecule has 14 heavy (non-hydrogen) atoms. The third-order valence-corrected chi connectivity index (χ3v) is 4.23. The van der Waals surface area contributed by atoms with Crippen LogP contribution in [-0.4, -0.2) is 37.4 Å². The zero-order valence-corrected chi connectivity index (χ0v) is 9.74. The van der Waals surface area contributed by atoms with Gasteiger partial charge in [0, 0.05) is 5.75 Å². The first-order valence-electron chi connectivity index (χ1n) is 3.78. The van der Waals surface area contributed by atoms with E-state index in [1.807, 2.05) is 0 Å². The summed E-state index contributed by atoms with van der Waals surface area (Å²) in [5.41, 5.74) is 0. The maximum atomic E-state index is 10.2. The Labute approximate surface area is 87.0 Å².